The Kier molecular flexibility index (Phi) is 2.31. The highest BCUT2D eigenvalue weighted by Gasteiger charge is 2.33. The molecule has 1 nitrogen and oxygen atoms in total. The molecule has 0 spiro atoms. The lowest BCUT2D eigenvalue weighted by Crippen LogP contribution is -2.18. The highest BCUT2D eigenvalue weighted by Crippen LogP contribution is 2.38. The Hall–Kier alpha value is -0.890. The van der Waals surface area contributed by atoms with Gasteiger partial charge in [0.25, 0.3) is 0 Å². The third-order valence-corrected chi connectivity index (χ3v) is 3.03. The molecule has 0 bridgehead atoms. The molecule has 0 aliphatic heterocycles. The van der Waals surface area contributed by atoms with E-state index in [0.717, 1.165) is 11.1 Å². The molecule has 1 aliphatic carbocycles. The third kappa shape index (κ3) is 1.44. The zero-order valence-electron chi connectivity index (χ0n) is 8.50. The second-order valence-corrected chi connectivity index (χ2v) is 4.38. The van der Waals surface area contributed by atoms with Gasteiger partial charge in [0.1, 0.15) is 5.82 Å². The quantitative estimate of drug-likeness (QED) is 0.728. The zero-order valence-corrected chi connectivity index (χ0v) is 8.50. The number of rotatable bonds is 1. The molecule has 0 fully saturated rings. The summed E-state index contributed by atoms with van der Waals surface area (Å²) in [6, 6.07) is 4.83. The summed E-state index contributed by atoms with van der Waals surface area (Å²) in [7, 11) is 0. The van der Waals surface area contributed by atoms with Crippen LogP contribution in [-0.4, -0.2) is 11.2 Å². The lowest BCUT2D eigenvalue weighted by Gasteiger charge is -2.19. The summed E-state index contributed by atoms with van der Waals surface area (Å²) < 4.78 is 12.9. The van der Waals surface area contributed by atoms with Gasteiger partial charge in [-0.15, -0.1) is 0 Å². The second kappa shape index (κ2) is 3.35. The number of hydrogen-bond acceptors (Lipinski definition) is 1. The molecule has 14 heavy (non-hydrogen) atoms. The molecule has 76 valence electrons. The molecule has 2 heteroatoms. The Bertz CT molecular complexity index is 346. The number of benzene rings is 1. The van der Waals surface area contributed by atoms with Gasteiger partial charge < -0.3 is 5.11 Å². The second-order valence-electron chi connectivity index (χ2n) is 4.38. The van der Waals surface area contributed by atoms with Crippen LogP contribution in [0.4, 0.5) is 4.39 Å². The van der Waals surface area contributed by atoms with E-state index in [4.69, 9.17) is 0 Å². The van der Waals surface area contributed by atoms with Gasteiger partial charge >= 0.3 is 0 Å². The van der Waals surface area contributed by atoms with E-state index in [-0.39, 0.29) is 17.8 Å². The van der Waals surface area contributed by atoms with Crippen LogP contribution in [0.1, 0.15) is 30.9 Å². The van der Waals surface area contributed by atoms with Crippen molar-refractivity contribution in [3.8, 4) is 0 Å². The fourth-order valence-electron chi connectivity index (χ4n) is 2.44. The van der Waals surface area contributed by atoms with E-state index in [1.165, 1.54) is 6.07 Å². The summed E-state index contributed by atoms with van der Waals surface area (Å²) in [5, 5.41) is 9.85. The standard InChI is InChI=1S/C12H15FO/c1-7(2)12-10-4-3-9(13)5-8(10)6-11(12)14/h3-5,7,11-12,14H,6H2,1-2H3/t11-,12-/m0/s1. The number of halogens is 1. The van der Waals surface area contributed by atoms with E-state index in [1.54, 1.807) is 6.07 Å². The van der Waals surface area contributed by atoms with Crippen LogP contribution in [-0.2, 0) is 6.42 Å². The summed E-state index contributed by atoms with van der Waals surface area (Å²) in [5.41, 5.74) is 2.09. The molecule has 0 saturated heterocycles. The van der Waals surface area contributed by atoms with Gasteiger partial charge in [-0.05, 0) is 35.6 Å². The molecule has 1 N–H and O–H groups in total. The van der Waals surface area contributed by atoms with Gasteiger partial charge in [0.15, 0.2) is 0 Å². The highest BCUT2D eigenvalue weighted by molar-refractivity contribution is 5.37. The maximum Gasteiger partial charge on any atom is 0.123 e. The monoisotopic (exact) mass is 194 g/mol. The maximum atomic E-state index is 12.9. The summed E-state index contributed by atoms with van der Waals surface area (Å²) in [5.74, 6) is 0.364. The third-order valence-electron chi connectivity index (χ3n) is 3.03. The summed E-state index contributed by atoms with van der Waals surface area (Å²) in [6.07, 6.45) is 0.252. The van der Waals surface area contributed by atoms with Crippen LogP contribution >= 0.6 is 0 Å². The van der Waals surface area contributed by atoms with Gasteiger partial charge in [0.05, 0.1) is 6.10 Å². The summed E-state index contributed by atoms with van der Waals surface area (Å²) >= 11 is 0. The van der Waals surface area contributed by atoms with Crippen LogP contribution in [0.5, 0.6) is 0 Å². The maximum absolute atomic E-state index is 12.9. The van der Waals surface area contributed by atoms with Crippen molar-refractivity contribution in [1.29, 1.82) is 0 Å². The van der Waals surface area contributed by atoms with Crippen LogP contribution in [0.3, 0.4) is 0 Å². The Balaban J connectivity index is 2.42. The van der Waals surface area contributed by atoms with E-state index in [1.807, 2.05) is 6.07 Å². The predicted molar refractivity (Wildman–Crippen MR) is 53.7 cm³/mol. The topological polar surface area (TPSA) is 20.2 Å². The van der Waals surface area contributed by atoms with Crippen molar-refractivity contribution in [3.63, 3.8) is 0 Å². The van der Waals surface area contributed by atoms with E-state index in [0.29, 0.717) is 12.3 Å². The molecule has 0 amide bonds. The SMILES string of the molecule is CC(C)[C@H]1c2ccc(F)cc2C[C@@H]1O. The minimum atomic E-state index is -0.341. The highest BCUT2D eigenvalue weighted by atomic mass is 19.1. The van der Waals surface area contributed by atoms with Crippen LogP contribution in [0.2, 0.25) is 0 Å². The predicted octanol–water partition coefficient (Wildman–Crippen LogP) is 2.48. The fourth-order valence-corrected chi connectivity index (χ4v) is 2.44. The van der Waals surface area contributed by atoms with Gasteiger partial charge in [0, 0.05) is 5.92 Å². The normalized spacial score (nSPS) is 25.5. The average Bonchev–Trinajstić information content (AvgIpc) is 2.39. The Morgan fingerprint density at radius 1 is 1.43 bits per heavy atom. The zero-order chi connectivity index (χ0) is 10.3. The molecule has 2 atom stereocenters. The van der Waals surface area contributed by atoms with E-state index < -0.39 is 0 Å². The first-order chi connectivity index (χ1) is 6.59. The molecule has 0 radical (unpaired) electrons. The van der Waals surface area contributed by atoms with E-state index in [2.05, 4.69) is 13.8 Å². The first-order valence-corrected chi connectivity index (χ1v) is 5.06. The van der Waals surface area contributed by atoms with E-state index in [9.17, 15) is 9.50 Å². The van der Waals surface area contributed by atoms with E-state index >= 15 is 0 Å². The van der Waals surface area contributed by atoms with Gasteiger partial charge in [0.2, 0.25) is 0 Å². The van der Waals surface area contributed by atoms with Crippen LogP contribution in [0.15, 0.2) is 18.2 Å². The van der Waals surface area contributed by atoms with Crippen LogP contribution < -0.4 is 0 Å². The van der Waals surface area contributed by atoms with Crippen molar-refractivity contribution in [1.82, 2.24) is 0 Å². The minimum absolute atomic E-state index is 0.172. The largest absolute Gasteiger partial charge is 0.392 e. The van der Waals surface area contributed by atoms with Gasteiger partial charge in [-0.25, -0.2) is 4.39 Å². The van der Waals surface area contributed by atoms with Crippen molar-refractivity contribution in [2.24, 2.45) is 5.92 Å². The molecule has 1 aliphatic rings. The molecule has 1 aromatic carbocycles. The molecule has 1 aromatic rings. The Labute approximate surface area is 83.6 Å². The first-order valence-electron chi connectivity index (χ1n) is 5.06. The molecule has 0 saturated carbocycles. The Morgan fingerprint density at radius 3 is 2.79 bits per heavy atom. The molecule has 0 heterocycles. The number of aliphatic hydroxyl groups excluding tert-OH is 1. The van der Waals surface area contributed by atoms with Crippen molar-refractivity contribution in [3.05, 3.63) is 35.1 Å². The number of fused-ring (bicyclic) bond motifs is 1. The molecule has 0 unspecified atom stereocenters. The van der Waals surface area contributed by atoms with Gasteiger partial charge in [-0.1, -0.05) is 19.9 Å². The van der Waals surface area contributed by atoms with Crippen LogP contribution in [0, 0.1) is 11.7 Å². The van der Waals surface area contributed by atoms with Crippen molar-refractivity contribution >= 4 is 0 Å². The molecule has 0 aromatic heterocycles. The summed E-state index contributed by atoms with van der Waals surface area (Å²) in [6.45, 7) is 4.18. The average molecular weight is 194 g/mol. The first kappa shape index (κ1) is 9.66. The van der Waals surface area contributed by atoms with Crippen molar-refractivity contribution < 1.29 is 9.50 Å². The van der Waals surface area contributed by atoms with Crippen molar-refractivity contribution in [2.45, 2.75) is 32.3 Å². The Morgan fingerprint density at radius 2 is 2.14 bits per heavy atom. The van der Waals surface area contributed by atoms with Gasteiger partial charge in [-0.3, -0.25) is 0 Å². The van der Waals surface area contributed by atoms with Gasteiger partial charge in [-0.2, -0.15) is 0 Å². The summed E-state index contributed by atoms with van der Waals surface area (Å²) in [4.78, 5) is 0. The lowest BCUT2D eigenvalue weighted by molar-refractivity contribution is 0.136. The molecular formula is C12H15FO. The minimum Gasteiger partial charge on any atom is -0.392 e. The smallest absolute Gasteiger partial charge is 0.123 e. The van der Waals surface area contributed by atoms with Crippen molar-refractivity contribution in [2.75, 3.05) is 0 Å². The fraction of sp³-hybridized carbons (Fsp3) is 0.500. The van der Waals surface area contributed by atoms with Crippen LogP contribution in [0.25, 0.3) is 0 Å². The molecular weight excluding hydrogens is 179 g/mol. The lowest BCUT2D eigenvalue weighted by atomic mass is 9.89. The number of aliphatic hydroxyl groups is 1. The number of hydrogen-bond donors (Lipinski definition) is 1. The molecule has 2 rings (SSSR count).